The van der Waals surface area contributed by atoms with E-state index >= 15 is 0 Å². The van der Waals surface area contributed by atoms with Gasteiger partial charge in [-0.25, -0.2) is 0 Å². The molecule has 1 aliphatic rings. The fraction of sp³-hybridized carbons (Fsp3) is 0.222. The highest BCUT2D eigenvalue weighted by Crippen LogP contribution is 2.36. The molecule has 1 aromatic carbocycles. The Labute approximate surface area is 65.7 Å². The van der Waals surface area contributed by atoms with E-state index in [1.54, 1.807) is 7.11 Å². The molecular weight excluding hydrogens is 140 g/mol. The zero-order valence-corrected chi connectivity index (χ0v) is 6.26. The number of benzene rings is 1. The monoisotopic (exact) mass is 148 g/mol. The summed E-state index contributed by atoms with van der Waals surface area (Å²) in [7, 11) is 1.64. The summed E-state index contributed by atoms with van der Waals surface area (Å²) in [5, 5.41) is 0. The largest absolute Gasteiger partial charge is 0.493 e. The summed E-state index contributed by atoms with van der Waals surface area (Å²) in [5.74, 6) is 1.60. The van der Waals surface area contributed by atoms with Crippen LogP contribution in [0.15, 0.2) is 18.2 Å². The molecule has 2 rings (SSSR count). The van der Waals surface area contributed by atoms with Gasteiger partial charge in [0.25, 0.3) is 0 Å². The highest BCUT2D eigenvalue weighted by atomic mass is 16.5. The first-order chi connectivity index (χ1) is 5.42. The quantitative estimate of drug-likeness (QED) is 0.603. The average Bonchev–Trinajstić information content (AvgIpc) is 2.50. The average molecular weight is 148 g/mol. The lowest BCUT2D eigenvalue weighted by Crippen LogP contribution is -1.86. The highest BCUT2D eigenvalue weighted by molar-refractivity contribution is 5.49. The molecule has 0 aromatic heterocycles. The number of fused-ring (bicyclic) bond motifs is 1. The van der Waals surface area contributed by atoms with Crippen molar-refractivity contribution in [3.63, 3.8) is 0 Å². The summed E-state index contributed by atoms with van der Waals surface area (Å²) in [6.07, 6.45) is 0.756. The van der Waals surface area contributed by atoms with Gasteiger partial charge in [-0.15, -0.1) is 0 Å². The molecule has 0 fully saturated rings. The summed E-state index contributed by atoms with van der Waals surface area (Å²) in [6, 6.07) is 5.84. The van der Waals surface area contributed by atoms with Crippen LogP contribution in [0, 0.1) is 6.61 Å². The topological polar surface area (TPSA) is 18.5 Å². The number of hydrogen-bond donors (Lipinski definition) is 0. The molecule has 56 valence electrons. The number of para-hydroxylation sites is 1. The van der Waals surface area contributed by atoms with E-state index in [0.717, 1.165) is 23.5 Å². The minimum absolute atomic E-state index is 0.756. The first-order valence-corrected chi connectivity index (χ1v) is 3.47. The van der Waals surface area contributed by atoms with Crippen molar-refractivity contribution in [2.24, 2.45) is 0 Å². The van der Waals surface area contributed by atoms with Gasteiger partial charge in [0.05, 0.1) is 7.11 Å². The first kappa shape index (κ1) is 6.53. The number of methoxy groups -OCH3 is 1. The van der Waals surface area contributed by atoms with Gasteiger partial charge in [-0.2, -0.15) is 0 Å². The van der Waals surface area contributed by atoms with Crippen LogP contribution < -0.4 is 9.47 Å². The third kappa shape index (κ3) is 0.946. The van der Waals surface area contributed by atoms with Crippen molar-refractivity contribution < 1.29 is 9.47 Å². The third-order valence-electron chi connectivity index (χ3n) is 1.72. The molecule has 2 nitrogen and oxygen atoms in total. The van der Waals surface area contributed by atoms with Gasteiger partial charge >= 0.3 is 0 Å². The Morgan fingerprint density at radius 1 is 1.55 bits per heavy atom. The van der Waals surface area contributed by atoms with Gasteiger partial charge in [-0.3, -0.25) is 0 Å². The summed E-state index contributed by atoms with van der Waals surface area (Å²) in [6.45, 7) is 2.78. The van der Waals surface area contributed by atoms with Crippen LogP contribution in [0.2, 0.25) is 0 Å². The number of hydrogen-bond acceptors (Lipinski definition) is 2. The van der Waals surface area contributed by atoms with Gasteiger partial charge in [0.1, 0.15) is 0 Å². The summed E-state index contributed by atoms with van der Waals surface area (Å²) in [4.78, 5) is 0. The second-order valence-corrected chi connectivity index (χ2v) is 2.37. The van der Waals surface area contributed by atoms with Crippen molar-refractivity contribution in [2.45, 2.75) is 6.42 Å². The summed E-state index contributed by atoms with van der Waals surface area (Å²) < 4.78 is 10.2. The molecule has 0 atom stereocenters. The van der Waals surface area contributed by atoms with Crippen LogP contribution in [0.3, 0.4) is 0 Å². The molecule has 11 heavy (non-hydrogen) atoms. The smallest absolute Gasteiger partial charge is 0.201 e. The standard InChI is InChI=1S/C9H8O2/c1-10-8-4-2-3-7-5-6-11-9(7)8/h2-4H,5H2,1H3. The maximum atomic E-state index is 5.15. The predicted octanol–water partition coefficient (Wildman–Crippen LogP) is 1.67. The predicted molar refractivity (Wildman–Crippen MR) is 40.6 cm³/mol. The molecule has 0 spiro atoms. The Morgan fingerprint density at radius 3 is 3.27 bits per heavy atom. The molecule has 0 N–H and O–H groups in total. The lowest BCUT2D eigenvalue weighted by atomic mass is 10.2. The van der Waals surface area contributed by atoms with Gasteiger partial charge in [0.15, 0.2) is 11.5 Å². The SMILES string of the molecule is COc1cccc2c1O[C]C2. The van der Waals surface area contributed by atoms with Crippen molar-refractivity contribution in [3.05, 3.63) is 30.4 Å². The van der Waals surface area contributed by atoms with Crippen LogP contribution in [0.1, 0.15) is 5.56 Å². The Balaban J connectivity index is 2.50. The Hall–Kier alpha value is -1.18. The van der Waals surface area contributed by atoms with Crippen molar-refractivity contribution in [1.29, 1.82) is 0 Å². The maximum absolute atomic E-state index is 5.15. The minimum atomic E-state index is 0.756. The second-order valence-electron chi connectivity index (χ2n) is 2.37. The van der Waals surface area contributed by atoms with E-state index in [4.69, 9.17) is 9.47 Å². The van der Waals surface area contributed by atoms with Gasteiger partial charge in [-0.05, 0) is 6.07 Å². The Morgan fingerprint density at radius 2 is 2.45 bits per heavy atom. The summed E-state index contributed by atoms with van der Waals surface area (Å²) >= 11 is 0. The zero-order chi connectivity index (χ0) is 7.68. The highest BCUT2D eigenvalue weighted by Gasteiger charge is 2.16. The molecule has 0 aliphatic carbocycles. The molecule has 0 unspecified atom stereocenters. The molecule has 1 aromatic rings. The van der Waals surface area contributed by atoms with Crippen LogP contribution in [0.4, 0.5) is 0 Å². The third-order valence-corrected chi connectivity index (χ3v) is 1.72. The second kappa shape index (κ2) is 2.46. The fourth-order valence-corrected chi connectivity index (χ4v) is 1.16. The minimum Gasteiger partial charge on any atom is -0.493 e. The maximum Gasteiger partial charge on any atom is 0.201 e. The van der Waals surface area contributed by atoms with Crippen molar-refractivity contribution in [1.82, 2.24) is 0 Å². The van der Waals surface area contributed by atoms with E-state index in [1.807, 2.05) is 18.2 Å². The molecule has 0 saturated carbocycles. The van der Waals surface area contributed by atoms with Gasteiger partial charge in [0, 0.05) is 12.0 Å². The zero-order valence-electron chi connectivity index (χ0n) is 6.26. The van der Waals surface area contributed by atoms with E-state index in [-0.39, 0.29) is 0 Å². The van der Waals surface area contributed by atoms with Crippen molar-refractivity contribution in [2.75, 3.05) is 7.11 Å². The normalized spacial score (nSPS) is 13.9. The van der Waals surface area contributed by atoms with Gasteiger partial charge < -0.3 is 9.47 Å². The van der Waals surface area contributed by atoms with Crippen molar-refractivity contribution in [3.8, 4) is 11.5 Å². The van der Waals surface area contributed by atoms with E-state index in [1.165, 1.54) is 0 Å². The molecule has 1 heterocycles. The lowest BCUT2D eigenvalue weighted by Gasteiger charge is -2.04. The van der Waals surface area contributed by atoms with Gasteiger partial charge in [-0.1, -0.05) is 12.1 Å². The molecule has 0 saturated heterocycles. The fourth-order valence-electron chi connectivity index (χ4n) is 1.16. The molecule has 0 amide bonds. The molecule has 2 radical (unpaired) electrons. The lowest BCUT2D eigenvalue weighted by molar-refractivity contribution is 0.367. The van der Waals surface area contributed by atoms with Crippen LogP contribution in [0.25, 0.3) is 0 Å². The number of ether oxygens (including phenoxy) is 2. The van der Waals surface area contributed by atoms with Crippen LogP contribution in [-0.2, 0) is 6.42 Å². The van der Waals surface area contributed by atoms with Crippen LogP contribution in [-0.4, -0.2) is 7.11 Å². The molecule has 0 bridgehead atoms. The van der Waals surface area contributed by atoms with Gasteiger partial charge in [0.2, 0.25) is 6.61 Å². The summed E-state index contributed by atoms with van der Waals surface area (Å²) in [5.41, 5.74) is 1.14. The van der Waals surface area contributed by atoms with Crippen LogP contribution in [0.5, 0.6) is 11.5 Å². The number of rotatable bonds is 1. The van der Waals surface area contributed by atoms with E-state index in [9.17, 15) is 0 Å². The Bertz CT molecular complexity index is 268. The van der Waals surface area contributed by atoms with E-state index in [2.05, 4.69) is 6.61 Å². The molecule has 1 aliphatic heterocycles. The van der Waals surface area contributed by atoms with E-state index in [0.29, 0.717) is 0 Å². The molecule has 2 heteroatoms. The van der Waals surface area contributed by atoms with Crippen LogP contribution >= 0.6 is 0 Å². The molecular formula is C9H8O2. The first-order valence-electron chi connectivity index (χ1n) is 3.47. The van der Waals surface area contributed by atoms with Crippen molar-refractivity contribution >= 4 is 0 Å². The Kier molecular flexibility index (Phi) is 1.46. The van der Waals surface area contributed by atoms with E-state index < -0.39 is 0 Å².